The van der Waals surface area contributed by atoms with E-state index in [4.69, 9.17) is 5.73 Å². The van der Waals surface area contributed by atoms with Crippen molar-refractivity contribution in [2.24, 2.45) is 5.92 Å². The maximum absolute atomic E-state index is 12.1. The van der Waals surface area contributed by atoms with Crippen molar-refractivity contribution in [3.05, 3.63) is 29.3 Å². The van der Waals surface area contributed by atoms with Crippen molar-refractivity contribution in [3.8, 4) is 0 Å². The molecule has 4 N–H and O–H groups in total. The lowest BCUT2D eigenvalue weighted by molar-refractivity contribution is -0.126. The molecule has 0 saturated carbocycles. The highest BCUT2D eigenvalue weighted by molar-refractivity contribution is 5.85. The lowest BCUT2D eigenvalue weighted by atomic mass is 9.87. The van der Waals surface area contributed by atoms with Crippen LogP contribution < -0.4 is 16.4 Å². The van der Waals surface area contributed by atoms with E-state index in [0.717, 1.165) is 36.9 Å². The second-order valence-electron chi connectivity index (χ2n) is 6.68. The summed E-state index contributed by atoms with van der Waals surface area (Å²) in [5.74, 6) is 0.281. The number of halogens is 1. The summed E-state index contributed by atoms with van der Waals surface area (Å²) in [7, 11) is 0. The van der Waals surface area contributed by atoms with Gasteiger partial charge in [0.05, 0.1) is 12.6 Å². The number of fused-ring (bicyclic) bond motifs is 1. The van der Waals surface area contributed by atoms with Crippen LogP contribution in [0.4, 0.5) is 5.69 Å². The molecule has 0 aliphatic heterocycles. The van der Waals surface area contributed by atoms with Crippen molar-refractivity contribution < 1.29 is 9.59 Å². The van der Waals surface area contributed by atoms with Gasteiger partial charge in [-0.3, -0.25) is 9.59 Å². The van der Waals surface area contributed by atoms with Crippen LogP contribution in [0.15, 0.2) is 18.2 Å². The van der Waals surface area contributed by atoms with E-state index in [1.807, 2.05) is 18.2 Å². The number of carbonyl (C=O) groups excluding carboxylic acids is 2. The third-order valence-electron chi connectivity index (χ3n) is 4.21. The van der Waals surface area contributed by atoms with Gasteiger partial charge in [0.1, 0.15) is 0 Å². The number of anilines is 1. The van der Waals surface area contributed by atoms with E-state index in [2.05, 4.69) is 24.5 Å². The fourth-order valence-electron chi connectivity index (χ4n) is 2.92. The van der Waals surface area contributed by atoms with E-state index in [9.17, 15) is 9.59 Å². The van der Waals surface area contributed by atoms with E-state index in [1.54, 1.807) is 0 Å². The molecule has 0 spiro atoms. The number of amides is 2. The van der Waals surface area contributed by atoms with Gasteiger partial charge in [-0.15, -0.1) is 12.4 Å². The molecule has 0 saturated heterocycles. The summed E-state index contributed by atoms with van der Waals surface area (Å²) in [6.45, 7) is 4.19. The maximum atomic E-state index is 12.1. The fourth-order valence-corrected chi connectivity index (χ4v) is 2.92. The molecule has 1 atom stereocenters. The molecule has 24 heavy (non-hydrogen) atoms. The van der Waals surface area contributed by atoms with Crippen LogP contribution in [-0.4, -0.2) is 18.4 Å². The van der Waals surface area contributed by atoms with Gasteiger partial charge in [-0.2, -0.15) is 0 Å². The predicted octanol–water partition coefficient (Wildman–Crippen LogP) is 2.74. The van der Waals surface area contributed by atoms with Crippen LogP contribution in [-0.2, 0) is 16.0 Å². The zero-order valence-electron chi connectivity index (χ0n) is 14.4. The van der Waals surface area contributed by atoms with Crippen molar-refractivity contribution in [2.45, 2.75) is 52.0 Å². The number of nitrogens with two attached hydrogens (primary N) is 1. The number of rotatable bonds is 6. The zero-order chi connectivity index (χ0) is 16.8. The first kappa shape index (κ1) is 20.3. The molecule has 1 aliphatic carbocycles. The van der Waals surface area contributed by atoms with Crippen molar-refractivity contribution in [3.63, 3.8) is 0 Å². The normalized spacial score (nSPS) is 16.0. The third-order valence-corrected chi connectivity index (χ3v) is 4.21. The molecule has 1 aromatic carbocycles. The Hall–Kier alpha value is -1.75. The molecule has 1 aromatic rings. The summed E-state index contributed by atoms with van der Waals surface area (Å²) in [6.07, 6.45) is 4.26. The fraction of sp³-hybridized carbons (Fsp3) is 0.556. The monoisotopic (exact) mass is 353 g/mol. The summed E-state index contributed by atoms with van der Waals surface area (Å²) in [6, 6.07) is 5.87. The molecule has 1 aliphatic rings. The minimum atomic E-state index is -0.141. The van der Waals surface area contributed by atoms with Crippen molar-refractivity contribution in [2.75, 3.05) is 12.3 Å². The molecule has 2 rings (SSSR count). The van der Waals surface area contributed by atoms with Crippen LogP contribution in [0.2, 0.25) is 0 Å². The van der Waals surface area contributed by atoms with E-state index in [0.29, 0.717) is 12.3 Å². The molecule has 2 amide bonds. The van der Waals surface area contributed by atoms with Crippen LogP contribution in [0.1, 0.15) is 56.7 Å². The Kier molecular flexibility index (Phi) is 8.05. The molecule has 0 heterocycles. The molecular weight excluding hydrogens is 326 g/mol. The highest BCUT2D eigenvalue weighted by Gasteiger charge is 2.21. The zero-order valence-corrected chi connectivity index (χ0v) is 15.2. The van der Waals surface area contributed by atoms with Gasteiger partial charge >= 0.3 is 0 Å². The first-order valence-corrected chi connectivity index (χ1v) is 8.40. The van der Waals surface area contributed by atoms with Crippen molar-refractivity contribution in [1.82, 2.24) is 10.6 Å². The SMILES string of the molecule is CC(C)CCC(=O)NCC(=O)NC1CCCc2cc(N)ccc21.Cl. The van der Waals surface area contributed by atoms with Gasteiger partial charge in [0.25, 0.3) is 0 Å². The number of hydrogen-bond donors (Lipinski definition) is 3. The number of benzene rings is 1. The Morgan fingerprint density at radius 3 is 2.75 bits per heavy atom. The van der Waals surface area contributed by atoms with Gasteiger partial charge in [0, 0.05) is 12.1 Å². The van der Waals surface area contributed by atoms with Crippen molar-refractivity contribution in [1.29, 1.82) is 0 Å². The van der Waals surface area contributed by atoms with Crippen LogP contribution in [0.25, 0.3) is 0 Å². The predicted molar refractivity (Wildman–Crippen MR) is 99.0 cm³/mol. The number of carbonyl (C=O) groups is 2. The minimum absolute atomic E-state index is 0. The molecule has 6 heteroatoms. The molecule has 5 nitrogen and oxygen atoms in total. The lowest BCUT2D eigenvalue weighted by Gasteiger charge is -2.26. The number of hydrogen-bond acceptors (Lipinski definition) is 3. The van der Waals surface area contributed by atoms with Gasteiger partial charge in [0.15, 0.2) is 0 Å². The van der Waals surface area contributed by atoms with Gasteiger partial charge in [-0.05, 0) is 54.9 Å². The summed E-state index contributed by atoms with van der Waals surface area (Å²) >= 11 is 0. The van der Waals surface area contributed by atoms with Crippen molar-refractivity contribution >= 4 is 29.9 Å². The summed E-state index contributed by atoms with van der Waals surface area (Å²) in [5.41, 5.74) is 8.94. The molecular formula is C18H28ClN3O2. The van der Waals surface area contributed by atoms with E-state index >= 15 is 0 Å². The standard InChI is InChI=1S/C18H27N3O2.ClH/c1-12(2)6-9-17(22)20-11-18(23)21-16-5-3-4-13-10-14(19)7-8-15(13)16;/h7-8,10,12,16H,3-6,9,11,19H2,1-2H3,(H,20,22)(H,21,23);1H. The highest BCUT2D eigenvalue weighted by Crippen LogP contribution is 2.30. The molecule has 0 fully saturated rings. The Balaban J connectivity index is 0.00000288. The van der Waals surface area contributed by atoms with Crippen LogP contribution in [0.5, 0.6) is 0 Å². The van der Waals surface area contributed by atoms with Crippen LogP contribution in [0.3, 0.4) is 0 Å². The molecule has 1 unspecified atom stereocenters. The molecule has 0 radical (unpaired) electrons. The summed E-state index contributed by atoms with van der Waals surface area (Å²) in [4.78, 5) is 23.8. The molecule has 0 aromatic heterocycles. The number of nitrogen functional groups attached to an aromatic ring is 1. The Morgan fingerprint density at radius 1 is 1.29 bits per heavy atom. The number of aryl methyl sites for hydroxylation is 1. The molecule has 134 valence electrons. The minimum Gasteiger partial charge on any atom is -0.399 e. The second kappa shape index (κ2) is 9.52. The van der Waals surface area contributed by atoms with Crippen LogP contribution in [0, 0.1) is 5.92 Å². The number of nitrogens with one attached hydrogen (secondary N) is 2. The van der Waals surface area contributed by atoms with E-state index in [1.165, 1.54) is 5.56 Å². The van der Waals surface area contributed by atoms with Gasteiger partial charge in [0.2, 0.25) is 11.8 Å². The third kappa shape index (κ3) is 6.04. The van der Waals surface area contributed by atoms with Gasteiger partial charge < -0.3 is 16.4 Å². The topological polar surface area (TPSA) is 84.2 Å². The maximum Gasteiger partial charge on any atom is 0.239 e. The quantitative estimate of drug-likeness (QED) is 0.687. The Labute approximate surface area is 150 Å². The summed E-state index contributed by atoms with van der Waals surface area (Å²) < 4.78 is 0. The largest absolute Gasteiger partial charge is 0.399 e. The average Bonchev–Trinajstić information content (AvgIpc) is 2.50. The molecule has 0 bridgehead atoms. The second-order valence-corrected chi connectivity index (χ2v) is 6.68. The smallest absolute Gasteiger partial charge is 0.239 e. The van der Waals surface area contributed by atoms with Crippen LogP contribution >= 0.6 is 12.4 Å². The van der Waals surface area contributed by atoms with E-state index in [-0.39, 0.29) is 36.8 Å². The Morgan fingerprint density at radius 2 is 2.04 bits per heavy atom. The Bertz CT molecular complexity index is 575. The lowest BCUT2D eigenvalue weighted by Crippen LogP contribution is -2.39. The highest BCUT2D eigenvalue weighted by atomic mass is 35.5. The summed E-state index contributed by atoms with van der Waals surface area (Å²) in [5, 5.41) is 5.71. The van der Waals surface area contributed by atoms with E-state index < -0.39 is 0 Å². The van der Waals surface area contributed by atoms with Gasteiger partial charge in [-0.1, -0.05) is 19.9 Å². The first-order chi connectivity index (χ1) is 11.0. The van der Waals surface area contributed by atoms with Gasteiger partial charge in [-0.25, -0.2) is 0 Å². The average molecular weight is 354 g/mol. The first-order valence-electron chi connectivity index (χ1n) is 8.40.